The molecule has 1 amide bonds. The third-order valence-corrected chi connectivity index (χ3v) is 2.93. The molecular weight excluding hydrogens is 324 g/mol. The Morgan fingerprint density at radius 1 is 1.60 bits per heavy atom. The number of amides is 1. The molecule has 10 heavy (non-hydrogen) atoms. The molecule has 0 spiro atoms. The van der Waals surface area contributed by atoms with Gasteiger partial charge in [-0.1, -0.05) is 13.8 Å². The molecule has 3 nitrogen and oxygen atoms in total. The zero-order valence-corrected chi connectivity index (χ0v) is 9.42. The molecule has 0 rings (SSSR count). The molecule has 0 bridgehead atoms. The second kappa shape index (κ2) is 4.89. The minimum atomic E-state index is -2.42. The summed E-state index contributed by atoms with van der Waals surface area (Å²) >= 11 is 0. The number of hydrogen-bond donors (Lipinski definition) is 1. The van der Waals surface area contributed by atoms with E-state index >= 15 is 0 Å². The summed E-state index contributed by atoms with van der Waals surface area (Å²) < 4.78 is 13.0. The Kier molecular flexibility index (Phi) is 6.26. The van der Waals surface area contributed by atoms with Crippen LogP contribution in [0.3, 0.4) is 0 Å². The van der Waals surface area contributed by atoms with Crippen LogP contribution >= 0.6 is 0 Å². The van der Waals surface area contributed by atoms with E-state index in [-0.39, 0.29) is 25.7 Å². The topological polar surface area (TPSA) is 46.2 Å². The van der Waals surface area contributed by atoms with Gasteiger partial charge in [0.25, 0.3) is 0 Å². The van der Waals surface area contributed by atoms with Gasteiger partial charge < -0.3 is 9.52 Å². The third-order valence-electron chi connectivity index (χ3n) is 0.976. The average Bonchev–Trinajstić information content (AvgIpc) is 1.65. The van der Waals surface area contributed by atoms with Gasteiger partial charge in [0.05, 0.1) is 0 Å². The van der Waals surface area contributed by atoms with Crippen LogP contribution in [0.4, 0.5) is 0 Å². The second-order valence-electron chi connectivity index (χ2n) is 1.98. The van der Waals surface area contributed by atoms with Gasteiger partial charge in [-0.2, -0.15) is 6.41 Å². The van der Waals surface area contributed by atoms with Crippen molar-refractivity contribution >= 4 is 22.0 Å². The molecular formula is C5H10NO2ReS-. The second-order valence-corrected chi connectivity index (χ2v) is 4.58. The van der Waals surface area contributed by atoms with Crippen LogP contribution in [-0.4, -0.2) is 21.7 Å². The van der Waals surface area contributed by atoms with Crippen LogP contribution in [0.25, 0.3) is 0 Å². The quantitative estimate of drug-likeness (QED) is 0.437. The van der Waals surface area contributed by atoms with Gasteiger partial charge in [0, 0.05) is 35.4 Å². The Balaban J connectivity index is 0. The van der Waals surface area contributed by atoms with Crippen molar-refractivity contribution in [3.8, 4) is 0 Å². The van der Waals surface area contributed by atoms with E-state index in [0.29, 0.717) is 0 Å². The van der Waals surface area contributed by atoms with Gasteiger partial charge in [-0.05, 0) is 5.87 Å². The maximum atomic E-state index is 11.0. The number of nitrogens with one attached hydrogen (secondary N) is 1. The van der Waals surface area contributed by atoms with Gasteiger partial charge in [0.15, 0.2) is 0 Å². The van der Waals surface area contributed by atoms with Crippen LogP contribution in [0.5, 0.6) is 0 Å². The summed E-state index contributed by atoms with van der Waals surface area (Å²) in [6.45, 7) is 3.44. The minimum absolute atomic E-state index is 0. The zero-order valence-electron chi connectivity index (χ0n) is 5.89. The molecule has 61 valence electrons. The largest absolute Gasteiger partial charge is 0.519 e. The molecule has 1 atom stereocenters. The number of carbonyl (C=O) groups excluding carboxylic acids is 1. The van der Waals surface area contributed by atoms with Gasteiger partial charge in [-0.25, -0.2) is 4.21 Å². The maximum absolute atomic E-state index is 11.0. The summed E-state index contributed by atoms with van der Waals surface area (Å²) in [5.41, 5.74) is 0. The molecule has 0 fully saturated rings. The molecule has 0 saturated carbocycles. The standard InChI is InChI=1S/C5H10NO2S.Re/c1-5(2)9(3,8)6-4-7;/h5H,3H2,1-2H3,(H,6,7,8);/q-1;. The van der Waals surface area contributed by atoms with E-state index in [1.165, 1.54) is 6.41 Å². The first kappa shape index (κ1) is 12.8. The van der Waals surface area contributed by atoms with Gasteiger partial charge in [-0.15, -0.1) is 0 Å². The van der Waals surface area contributed by atoms with Crippen LogP contribution in [0.2, 0.25) is 0 Å². The Labute approximate surface area is 75.4 Å². The molecule has 0 aliphatic rings. The Morgan fingerprint density at radius 3 is 2.10 bits per heavy atom. The Hall–Kier alpha value is 0.152. The van der Waals surface area contributed by atoms with Crippen molar-refractivity contribution in [2.24, 2.45) is 0 Å². The van der Waals surface area contributed by atoms with E-state index in [9.17, 15) is 9.00 Å². The van der Waals surface area contributed by atoms with Crippen molar-refractivity contribution in [2.75, 3.05) is 0 Å². The van der Waals surface area contributed by atoms with E-state index in [1.807, 2.05) is 4.72 Å². The average molecular weight is 334 g/mol. The van der Waals surface area contributed by atoms with Crippen molar-refractivity contribution in [1.82, 2.24) is 4.72 Å². The minimum Gasteiger partial charge on any atom is -0.519 e. The number of rotatable bonds is 3. The molecule has 0 aromatic heterocycles. The maximum Gasteiger partial charge on any atom is 0.0367 e. The van der Waals surface area contributed by atoms with Gasteiger partial charge in [0.1, 0.15) is 0 Å². The summed E-state index contributed by atoms with van der Waals surface area (Å²) in [5.74, 6) is 3.31. The predicted molar refractivity (Wildman–Crippen MR) is 39.2 cm³/mol. The summed E-state index contributed by atoms with van der Waals surface area (Å²) in [6, 6.07) is 0. The van der Waals surface area contributed by atoms with E-state index in [0.717, 1.165) is 0 Å². The molecule has 0 aromatic carbocycles. The van der Waals surface area contributed by atoms with Gasteiger partial charge in [0.2, 0.25) is 0 Å². The van der Waals surface area contributed by atoms with Gasteiger partial charge in [-0.3, -0.25) is 0 Å². The summed E-state index contributed by atoms with van der Waals surface area (Å²) in [6.07, 6.45) is 1.35. The third kappa shape index (κ3) is 4.05. The molecule has 1 N–H and O–H groups in total. The zero-order chi connectivity index (χ0) is 7.49. The smallest absolute Gasteiger partial charge is 0.0367 e. The van der Waals surface area contributed by atoms with Crippen LogP contribution in [0.15, 0.2) is 0 Å². The van der Waals surface area contributed by atoms with E-state index < -0.39 is 9.71 Å². The van der Waals surface area contributed by atoms with Crippen LogP contribution in [0.1, 0.15) is 13.8 Å². The summed E-state index contributed by atoms with van der Waals surface area (Å²) in [7, 11) is -2.42. The van der Waals surface area contributed by atoms with Crippen molar-refractivity contribution in [2.45, 2.75) is 19.1 Å². The van der Waals surface area contributed by atoms with Crippen molar-refractivity contribution in [3.63, 3.8) is 0 Å². The first-order valence-electron chi connectivity index (χ1n) is 2.50. The van der Waals surface area contributed by atoms with Crippen LogP contribution < -0.4 is 4.72 Å². The Morgan fingerprint density at radius 2 is 2.00 bits per heavy atom. The molecule has 5 heteroatoms. The predicted octanol–water partition coefficient (Wildman–Crippen LogP) is -0.320. The van der Waals surface area contributed by atoms with E-state index in [2.05, 4.69) is 5.87 Å². The molecule has 1 unspecified atom stereocenters. The monoisotopic (exact) mass is 335 g/mol. The molecule has 0 aliphatic heterocycles. The normalized spacial score (nSPS) is 15.1. The van der Waals surface area contributed by atoms with Crippen LogP contribution in [-0.2, 0) is 34.9 Å². The molecule has 1 radical (unpaired) electrons. The fourth-order valence-corrected chi connectivity index (χ4v) is 0.565. The Bertz CT molecular complexity index is 186. The van der Waals surface area contributed by atoms with Crippen molar-refractivity contribution in [3.05, 3.63) is 0 Å². The van der Waals surface area contributed by atoms with Crippen molar-refractivity contribution < 1.29 is 29.4 Å². The molecule has 0 saturated heterocycles. The molecule has 0 heterocycles. The molecule has 0 aliphatic carbocycles. The molecule has 0 aromatic rings. The first-order chi connectivity index (χ1) is 4.00. The SMILES string of the molecule is C=S(=O)(N[C-]=O)C(C)C.[Re]. The van der Waals surface area contributed by atoms with Crippen LogP contribution in [0, 0.1) is 0 Å². The first-order valence-corrected chi connectivity index (χ1v) is 4.29. The summed E-state index contributed by atoms with van der Waals surface area (Å²) in [4.78, 5) is 9.67. The fourth-order valence-electron chi connectivity index (χ4n) is 0.188. The van der Waals surface area contributed by atoms with Crippen molar-refractivity contribution in [1.29, 1.82) is 0 Å². The van der Waals surface area contributed by atoms with E-state index in [4.69, 9.17) is 0 Å². The number of hydrogen-bond acceptors (Lipinski definition) is 2. The van der Waals surface area contributed by atoms with E-state index in [1.54, 1.807) is 13.8 Å². The van der Waals surface area contributed by atoms with Gasteiger partial charge >= 0.3 is 0 Å². The fraction of sp³-hybridized carbons (Fsp3) is 0.600. The summed E-state index contributed by atoms with van der Waals surface area (Å²) in [5, 5.41) is -0.140.